The summed E-state index contributed by atoms with van der Waals surface area (Å²) in [7, 11) is 0. The molecule has 1 aliphatic heterocycles. The summed E-state index contributed by atoms with van der Waals surface area (Å²) in [5.41, 5.74) is 0.923. The highest BCUT2D eigenvalue weighted by molar-refractivity contribution is 14.1. The number of amides is 1. The van der Waals surface area contributed by atoms with E-state index in [1.54, 1.807) is 6.07 Å². The maximum Gasteiger partial charge on any atom is 0.270 e. The Morgan fingerprint density at radius 2 is 2.38 bits per heavy atom. The summed E-state index contributed by atoms with van der Waals surface area (Å²) in [4.78, 5) is 24.6. The van der Waals surface area contributed by atoms with Crippen molar-refractivity contribution >= 4 is 39.9 Å². The van der Waals surface area contributed by atoms with E-state index in [0.717, 1.165) is 15.8 Å². The largest absolute Gasteiger partial charge is 0.356 e. The minimum atomic E-state index is -0.412. The molecule has 1 fully saturated rings. The van der Waals surface area contributed by atoms with Crippen molar-refractivity contribution in [2.45, 2.75) is 13.0 Å². The number of benzene rings is 1. The van der Waals surface area contributed by atoms with Crippen molar-refractivity contribution in [1.82, 2.24) is 10.6 Å². The number of halogens is 1. The monoisotopic (exact) mass is 404 g/mol. The highest BCUT2D eigenvalue weighted by atomic mass is 127. The lowest BCUT2D eigenvalue weighted by atomic mass is 10.1. The number of carbonyl (C=O) groups excluding carboxylic acids is 1. The van der Waals surface area contributed by atoms with E-state index in [1.165, 1.54) is 12.1 Å². The number of hydrogen-bond acceptors (Lipinski definition) is 5. The highest BCUT2D eigenvalue weighted by Gasteiger charge is 2.29. The molecule has 0 saturated carbocycles. The van der Waals surface area contributed by atoms with E-state index in [0.29, 0.717) is 19.6 Å². The minimum Gasteiger partial charge on any atom is -0.356 e. The maximum atomic E-state index is 12.2. The van der Waals surface area contributed by atoms with Gasteiger partial charge < -0.3 is 15.5 Å². The third-order valence-electron chi connectivity index (χ3n) is 3.35. The molecule has 1 unspecified atom stereocenters. The van der Waals surface area contributed by atoms with Crippen LogP contribution in [0.2, 0.25) is 0 Å². The van der Waals surface area contributed by atoms with Crippen LogP contribution in [-0.4, -0.2) is 43.1 Å². The molecule has 1 amide bonds. The van der Waals surface area contributed by atoms with Crippen LogP contribution in [0.3, 0.4) is 0 Å². The van der Waals surface area contributed by atoms with Crippen LogP contribution in [0.15, 0.2) is 18.2 Å². The van der Waals surface area contributed by atoms with E-state index in [2.05, 4.69) is 33.2 Å². The van der Waals surface area contributed by atoms with Gasteiger partial charge in [-0.15, -0.1) is 0 Å². The van der Waals surface area contributed by atoms with Crippen molar-refractivity contribution in [2.24, 2.45) is 0 Å². The number of piperazine rings is 1. The number of rotatable bonds is 4. The molecule has 114 valence electrons. The minimum absolute atomic E-state index is 0.0288. The Balaban J connectivity index is 2.29. The second-order valence-corrected chi connectivity index (χ2v) is 5.86. The molecule has 1 aliphatic rings. The molecule has 1 aromatic rings. The van der Waals surface area contributed by atoms with Crippen LogP contribution in [0.25, 0.3) is 0 Å². The van der Waals surface area contributed by atoms with Crippen molar-refractivity contribution in [2.75, 3.05) is 31.1 Å². The molecule has 0 spiro atoms. The van der Waals surface area contributed by atoms with Crippen LogP contribution in [-0.2, 0) is 4.79 Å². The highest BCUT2D eigenvalue weighted by Crippen LogP contribution is 2.28. The first-order valence-electron chi connectivity index (χ1n) is 6.73. The lowest BCUT2D eigenvalue weighted by molar-refractivity contribution is -0.384. The molecule has 8 heteroatoms. The van der Waals surface area contributed by atoms with Crippen molar-refractivity contribution in [1.29, 1.82) is 0 Å². The molecule has 21 heavy (non-hydrogen) atoms. The number of anilines is 1. The van der Waals surface area contributed by atoms with Crippen LogP contribution in [0.5, 0.6) is 0 Å². The number of non-ortho nitro benzene ring substituents is 1. The van der Waals surface area contributed by atoms with Crippen LogP contribution < -0.4 is 15.5 Å². The zero-order valence-electron chi connectivity index (χ0n) is 11.6. The molecule has 1 saturated heterocycles. The van der Waals surface area contributed by atoms with E-state index >= 15 is 0 Å². The number of hydrogen-bond donors (Lipinski definition) is 2. The van der Waals surface area contributed by atoms with Gasteiger partial charge in [0.05, 0.1) is 10.6 Å². The maximum absolute atomic E-state index is 12.2. The van der Waals surface area contributed by atoms with Gasteiger partial charge in [0, 0.05) is 41.9 Å². The first-order chi connectivity index (χ1) is 10.0. The Morgan fingerprint density at radius 1 is 1.62 bits per heavy atom. The molecule has 0 aliphatic carbocycles. The molecule has 0 radical (unpaired) electrons. The summed E-state index contributed by atoms with van der Waals surface area (Å²) in [6.45, 7) is 4.51. The summed E-state index contributed by atoms with van der Waals surface area (Å²) in [6.07, 6.45) is 0. The molecule has 0 aromatic heterocycles. The third-order valence-corrected chi connectivity index (χ3v) is 4.21. The van der Waals surface area contributed by atoms with Gasteiger partial charge in [-0.05, 0) is 35.6 Å². The van der Waals surface area contributed by atoms with Gasteiger partial charge in [-0.3, -0.25) is 14.9 Å². The summed E-state index contributed by atoms with van der Waals surface area (Å²) >= 11 is 2.08. The van der Waals surface area contributed by atoms with Crippen molar-refractivity contribution in [3.63, 3.8) is 0 Å². The summed E-state index contributed by atoms with van der Waals surface area (Å²) < 4.78 is 0.776. The fourth-order valence-electron chi connectivity index (χ4n) is 2.36. The average Bonchev–Trinajstić information content (AvgIpc) is 2.47. The van der Waals surface area contributed by atoms with Crippen LogP contribution >= 0.6 is 22.6 Å². The molecule has 1 aromatic carbocycles. The number of carbonyl (C=O) groups is 1. The van der Waals surface area contributed by atoms with Gasteiger partial charge in [-0.2, -0.15) is 0 Å². The van der Waals surface area contributed by atoms with Crippen LogP contribution in [0.4, 0.5) is 11.4 Å². The van der Waals surface area contributed by atoms with Crippen LogP contribution in [0.1, 0.15) is 6.92 Å². The Bertz CT molecular complexity index is 552. The molecular weight excluding hydrogens is 387 g/mol. The van der Waals surface area contributed by atoms with E-state index in [1.807, 2.05) is 11.8 Å². The zero-order valence-corrected chi connectivity index (χ0v) is 13.8. The van der Waals surface area contributed by atoms with Crippen molar-refractivity contribution in [3.05, 3.63) is 31.9 Å². The summed E-state index contributed by atoms with van der Waals surface area (Å²) in [6, 6.07) is 4.44. The second kappa shape index (κ2) is 7.03. The van der Waals surface area contributed by atoms with E-state index in [9.17, 15) is 14.9 Å². The Kier molecular flexibility index (Phi) is 5.34. The zero-order chi connectivity index (χ0) is 15.4. The quantitative estimate of drug-likeness (QED) is 0.446. The van der Waals surface area contributed by atoms with Crippen LogP contribution in [0, 0.1) is 13.7 Å². The molecule has 0 bridgehead atoms. The molecule has 1 atom stereocenters. The standard InChI is InChI=1S/C13H17IN4O3/c1-2-16-13(19)12-8-15-5-6-17(12)11-4-3-9(18(20)21)7-10(11)14/h3-4,7,12,15H,2,5-6,8H2,1H3,(H,16,19). The normalized spacial score (nSPS) is 18.4. The van der Waals surface area contributed by atoms with Gasteiger partial charge in [-0.25, -0.2) is 0 Å². The Morgan fingerprint density at radius 3 is 3.00 bits per heavy atom. The fourth-order valence-corrected chi connectivity index (χ4v) is 3.17. The fraction of sp³-hybridized carbons (Fsp3) is 0.462. The lowest BCUT2D eigenvalue weighted by Crippen LogP contribution is -2.58. The van der Waals surface area contributed by atoms with Crippen molar-refractivity contribution in [3.8, 4) is 0 Å². The smallest absolute Gasteiger partial charge is 0.270 e. The number of nitrogens with one attached hydrogen (secondary N) is 2. The van der Waals surface area contributed by atoms with E-state index in [4.69, 9.17) is 0 Å². The van der Waals surface area contributed by atoms with Gasteiger partial charge in [0.15, 0.2) is 0 Å². The second-order valence-electron chi connectivity index (χ2n) is 4.70. The summed E-state index contributed by atoms with van der Waals surface area (Å²) in [5.74, 6) is -0.0288. The number of nitro benzene ring substituents is 1. The SMILES string of the molecule is CCNC(=O)C1CNCCN1c1ccc([N+](=O)[O-])cc1I. The molecular formula is C13H17IN4O3. The topological polar surface area (TPSA) is 87.5 Å². The first-order valence-corrected chi connectivity index (χ1v) is 7.81. The third kappa shape index (κ3) is 3.62. The van der Waals surface area contributed by atoms with Gasteiger partial charge in [0.2, 0.25) is 5.91 Å². The van der Waals surface area contributed by atoms with Crippen molar-refractivity contribution < 1.29 is 9.72 Å². The van der Waals surface area contributed by atoms with Gasteiger partial charge in [-0.1, -0.05) is 0 Å². The number of nitrogens with zero attached hydrogens (tertiary/aromatic N) is 2. The summed E-state index contributed by atoms with van der Waals surface area (Å²) in [5, 5.41) is 16.9. The van der Waals surface area contributed by atoms with Gasteiger partial charge in [0.1, 0.15) is 6.04 Å². The predicted octanol–water partition coefficient (Wildman–Crippen LogP) is 1.11. The van der Waals surface area contributed by atoms with E-state index < -0.39 is 4.92 Å². The molecule has 2 N–H and O–H groups in total. The molecule has 2 rings (SSSR count). The number of nitro groups is 1. The lowest BCUT2D eigenvalue weighted by Gasteiger charge is -2.37. The van der Waals surface area contributed by atoms with Gasteiger partial charge in [0.25, 0.3) is 5.69 Å². The molecule has 7 nitrogen and oxygen atoms in total. The Hall–Kier alpha value is -1.42. The van der Waals surface area contributed by atoms with E-state index in [-0.39, 0.29) is 17.6 Å². The predicted molar refractivity (Wildman–Crippen MR) is 88.5 cm³/mol. The Labute approximate surface area is 136 Å². The molecule has 1 heterocycles. The van der Waals surface area contributed by atoms with Gasteiger partial charge >= 0.3 is 0 Å². The first kappa shape index (κ1) is 16.0. The average molecular weight is 404 g/mol. The number of likely N-dealkylation sites (N-methyl/N-ethyl adjacent to an activating group) is 1.